The minimum Gasteiger partial charge on any atom is -0.478 e. The van der Waals surface area contributed by atoms with Gasteiger partial charge in [-0.3, -0.25) is 0 Å². The summed E-state index contributed by atoms with van der Waals surface area (Å²) >= 11 is 0. The number of carboxylic acid groups (broad SMARTS) is 1. The van der Waals surface area contributed by atoms with Gasteiger partial charge in [0.2, 0.25) is 0 Å². The second-order valence-electron chi connectivity index (χ2n) is 7.00. The molecule has 0 amide bonds. The van der Waals surface area contributed by atoms with Crippen molar-refractivity contribution >= 4 is 5.97 Å². The van der Waals surface area contributed by atoms with Crippen LogP contribution in [0, 0.1) is 0 Å². The molecule has 0 bridgehead atoms. The van der Waals surface area contributed by atoms with Gasteiger partial charge in [-0.25, -0.2) is 4.79 Å². The number of rotatable bonds is 17. The van der Waals surface area contributed by atoms with Crippen molar-refractivity contribution in [3.8, 4) is 0 Å². The Labute approximate surface area is 148 Å². The number of aliphatic carboxylic acids is 1. The van der Waals surface area contributed by atoms with Crippen LogP contribution in [0.1, 0.15) is 103 Å². The van der Waals surface area contributed by atoms with E-state index in [9.17, 15) is 4.79 Å². The summed E-state index contributed by atoms with van der Waals surface area (Å²) in [5.74, 6) is 1.68. The molecular formula is C21H36O3. The van der Waals surface area contributed by atoms with Crippen LogP contribution in [0.5, 0.6) is 0 Å². The molecule has 0 aliphatic carbocycles. The molecule has 0 aromatic rings. The maximum Gasteiger partial charge on any atom is 0.330 e. The molecule has 0 aromatic heterocycles. The lowest BCUT2D eigenvalue weighted by atomic mass is 10.1. The Bertz CT molecular complexity index is 409. The van der Waals surface area contributed by atoms with Crippen molar-refractivity contribution in [2.75, 3.05) is 0 Å². The van der Waals surface area contributed by atoms with E-state index in [2.05, 4.69) is 13.5 Å². The number of hydrogen-bond acceptors (Lipinski definition) is 2. The first-order valence-corrected chi connectivity index (χ1v) is 9.96. The van der Waals surface area contributed by atoms with Crippen LogP contribution in [0.2, 0.25) is 0 Å². The summed E-state index contributed by atoms with van der Waals surface area (Å²) in [6.07, 6.45) is 17.9. The topological polar surface area (TPSA) is 49.8 Å². The maximum absolute atomic E-state index is 10.6. The molecule has 0 spiro atoms. The number of carbonyl (C=O) groups is 1. The first-order chi connectivity index (χ1) is 11.6. The number of hydrogen-bond donors (Lipinski definition) is 1. The highest BCUT2D eigenvalue weighted by Crippen LogP contribution is 2.35. The third kappa shape index (κ3) is 10.5. The standard InChI is InChI=1S/C21H36O3/c1-3-4-5-6-10-13-16-19-20(24-19)17-14-11-8-7-9-12-15-18(2)21(22)23/h2-17H2,1H3,(H,22,23). The molecule has 0 radical (unpaired) electrons. The molecule has 3 heteroatoms. The summed E-state index contributed by atoms with van der Waals surface area (Å²) in [5.41, 5.74) is 0.339. The fourth-order valence-electron chi connectivity index (χ4n) is 3.01. The van der Waals surface area contributed by atoms with Crippen LogP contribution < -0.4 is 0 Å². The summed E-state index contributed by atoms with van der Waals surface area (Å²) < 4.78 is 5.61. The minimum absolute atomic E-state index is 0.339. The Kier molecular flexibility index (Phi) is 11.3. The van der Waals surface area contributed by atoms with E-state index in [1.807, 2.05) is 0 Å². The first-order valence-electron chi connectivity index (χ1n) is 9.96. The molecule has 0 aromatic carbocycles. The fourth-order valence-corrected chi connectivity index (χ4v) is 3.01. The van der Waals surface area contributed by atoms with E-state index in [4.69, 9.17) is 9.84 Å². The van der Waals surface area contributed by atoms with Crippen LogP contribution in [0.25, 0.3) is 0 Å². The van der Waals surface area contributed by atoms with E-state index in [-0.39, 0.29) is 0 Å². The van der Waals surface area contributed by atoms with Gasteiger partial charge in [0.15, 0.2) is 0 Å². The number of allylic oxidation sites excluding steroid dienone is 2. The van der Waals surface area contributed by atoms with Crippen molar-refractivity contribution in [1.82, 2.24) is 0 Å². The Morgan fingerprint density at radius 2 is 1.29 bits per heavy atom. The summed E-state index contributed by atoms with van der Waals surface area (Å²) in [5, 5.41) is 8.72. The molecule has 1 heterocycles. The Morgan fingerprint density at radius 1 is 0.833 bits per heavy atom. The zero-order chi connectivity index (χ0) is 17.6. The smallest absolute Gasteiger partial charge is 0.330 e. The summed E-state index contributed by atoms with van der Waals surface area (Å²) in [6, 6.07) is 0. The molecule has 0 saturated heterocycles. The second-order valence-corrected chi connectivity index (χ2v) is 7.00. The van der Waals surface area contributed by atoms with Crippen molar-refractivity contribution < 1.29 is 14.6 Å². The van der Waals surface area contributed by atoms with E-state index in [1.54, 1.807) is 0 Å². The third-order valence-electron chi connectivity index (χ3n) is 4.71. The molecular weight excluding hydrogens is 300 g/mol. The van der Waals surface area contributed by atoms with Crippen LogP contribution in [-0.2, 0) is 9.53 Å². The van der Waals surface area contributed by atoms with Gasteiger partial charge < -0.3 is 9.84 Å². The molecule has 1 rings (SSSR count). The highest BCUT2D eigenvalue weighted by molar-refractivity contribution is 5.85. The zero-order valence-corrected chi connectivity index (χ0v) is 15.6. The number of carboxylic acids is 1. The largest absolute Gasteiger partial charge is 0.478 e. The second kappa shape index (κ2) is 13.1. The molecule has 138 valence electrons. The van der Waals surface area contributed by atoms with Crippen molar-refractivity contribution in [3.05, 3.63) is 23.7 Å². The average molecular weight is 337 g/mol. The normalized spacial score (nSPS) is 13.0. The van der Waals surface area contributed by atoms with E-state index < -0.39 is 5.97 Å². The van der Waals surface area contributed by atoms with Gasteiger partial charge in [-0.15, -0.1) is 0 Å². The molecule has 0 unspecified atom stereocenters. The molecule has 0 fully saturated rings. The molecule has 0 saturated carbocycles. The molecule has 3 nitrogen and oxygen atoms in total. The van der Waals surface area contributed by atoms with Gasteiger partial charge in [0.05, 0.1) is 0 Å². The van der Waals surface area contributed by atoms with Gasteiger partial charge in [0.25, 0.3) is 0 Å². The lowest BCUT2D eigenvalue weighted by Crippen LogP contribution is -1.98. The Hall–Kier alpha value is -1.25. The van der Waals surface area contributed by atoms with Crippen molar-refractivity contribution in [2.24, 2.45) is 0 Å². The van der Waals surface area contributed by atoms with E-state index in [0.29, 0.717) is 12.0 Å². The molecule has 24 heavy (non-hydrogen) atoms. The summed E-state index contributed by atoms with van der Waals surface area (Å²) in [7, 11) is 0. The number of ether oxygens (including phenoxy) is 1. The van der Waals surface area contributed by atoms with Gasteiger partial charge in [-0.05, 0) is 25.7 Å². The Balaban J connectivity index is 1.84. The lowest BCUT2D eigenvalue weighted by molar-refractivity contribution is -0.132. The molecule has 1 N–H and O–H groups in total. The van der Waals surface area contributed by atoms with E-state index in [1.165, 1.54) is 75.7 Å². The van der Waals surface area contributed by atoms with E-state index in [0.717, 1.165) is 25.7 Å². The maximum atomic E-state index is 10.6. The van der Waals surface area contributed by atoms with Crippen molar-refractivity contribution in [3.63, 3.8) is 0 Å². The predicted molar refractivity (Wildman–Crippen MR) is 99.8 cm³/mol. The van der Waals surface area contributed by atoms with E-state index >= 15 is 0 Å². The van der Waals surface area contributed by atoms with Crippen LogP contribution in [-0.4, -0.2) is 11.1 Å². The van der Waals surface area contributed by atoms with Crippen LogP contribution >= 0.6 is 0 Å². The van der Waals surface area contributed by atoms with Crippen LogP contribution in [0.3, 0.4) is 0 Å². The predicted octanol–water partition coefficient (Wildman–Crippen LogP) is 6.74. The highest BCUT2D eigenvalue weighted by atomic mass is 16.6. The fraction of sp³-hybridized carbons (Fsp3) is 0.762. The quantitative estimate of drug-likeness (QED) is 0.236. The summed E-state index contributed by atoms with van der Waals surface area (Å²) in [4.78, 5) is 10.6. The molecule has 1 aliphatic rings. The number of unbranched alkanes of at least 4 members (excludes halogenated alkanes) is 10. The summed E-state index contributed by atoms with van der Waals surface area (Å²) in [6.45, 7) is 5.81. The Morgan fingerprint density at radius 3 is 1.79 bits per heavy atom. The van der Waals surface area contributed by atoms with Gasteiger partial charge >= 0.3 is 5.97 Å². The molecule has 0 atom stereocenters. The zero-order valence-electron chi connectivity index (χ0n) is 15.6. The average Bonchev–Trinajstić information content (AvgIpc) is 3.31. The molecule has 1 aliphatic heterocycles. The van der Waals surface area contributed by atoms with Crippen LogP contribution in [0.15, 0.2) is 23.7 Å². The lowest BCUT2D eigenvalue weighted by Gasteiger charge is -2.01. The van der Waals surface area contributed by atoms with Gasteiger partial charge in [0.1, 0.15) is 11.5 Å². The minimum atomic E-state index is -0.857. The van der Waals surface area contributed by atoms with Crippen molar-refractivity contribution in [1.29, 1.82) is 0 Å². The highest BCUT2D eigenvalue weighted by Gasteiger charge is 2.22. The van der Waals surface area contributed by atoms with Gasteiger partial charge in [-0.1, -0.05) is 71.3 Å². The first kappa shape index (κ1) is 20.8. The van der Waals surface area contributed by atoms with Crippen molar-refractivity contribution in [2.45, 2.75) is 103 Å². The monoisotopic (exact) mass is 336 g/mol. The van der Waals surface area contributed by atoms with Gasteiger partial charge in [-0.2, -0.15) is 0 Å². The van der Waals surface area contributed by atoms with Crippen LogP contribution in [0.4, 0.5) is 0 Å². The SMILES string of the molecule is C=C(CCCCCCCCC1=C(CCCCCCCC)O1)C(=O)O. The van der Waals surface area contributed by atoms with Gasteiger partial charge in [0, 0.05) is 18.4 Å². The third-order valence-corrected chi connectivity index (χ3v) is 4.71.